The Labute approximate surface area is 202 Å². The Morgan fingerprint density at radius 1 is 1.20 bits per heavy atom. The van der Waals surface area contributed by atoms with E-state index in [4.69, 9.17) is 4.74 Å². The van der Waals surface area contributed by atoms with Crippen LogP contribution in [0.2, 0.25) is 0 Å². The first-order chi connectivity index (χ1) is 16.7. The number of carbonyl (C=O) groups is 1. The van der Waals surface area contributed by atoms with Crippen molar-refractivity contribution in [2.75, 3.05) is 17.7 Å². The molecule has 180 valence electrons. The highest BCUT2D eigenvalue weighted by atomic mass is 16.6. The van der Waals surface area contributed by atoms with Crippen LogP contribution >= 0.6 is 0 Å². The van der Waals surface area contributed by atoms with Gasteiger partial charge in [-0.2, -0.15) is 5.10 Å². The number of carbonyl (C=O) groups excluding carboxylic acids is 1. The lowest BCUT2D eigenvalue weighted by Crippen LogP contribution is -2.31. The van der Waals surface area contributed by atoms with Gasteiger partial charge in [-0.05, 0) is 41.7 Å². The molecular formula is C26H27N5O4. The zero-order chi connectivity index (χ0) is 24.7. The van der Waals surface area contributed by atoms with Crippen LogP contribution in [0.4, 0.5) is 17.1 Å². The minimum Gasteiger partial charge on any atom is -0.496 e. The quantitative estimate of drug-likeness (QED) is 0.393. The first kappa shape index (κ1) is 22.6. The molecule has 5 rings (SSSR count). The van der Waals surface area contributed by atoms with Gasteiger partial charge in [0.1, 0.15) is 18.1 Å². The standard InChI is InChI=1S/C26H27N5O4/c1-26(2)11-21-24(22(32)12-26)25(29-20-7-5-4-6-19(20)28-21)16-8-9-23(35-3)17(10-16)14-30-15-18(13-27-30)31(33)34/h4-10,13,15,25,28-29H,11-12,14H2,1-3H3/t25-/m1/s1. The van der Waals surface area contributed by atoms with Crippen LogP contribution in [0.25, 0.3) is 0 Å². The van der Waals surface area contributed by atoms with Crippen molar-refractivity contribution >= 4 is 22.8 Å². The highest BCUT2D eigenvalue weighted by Gasteiger charge is 2.38. The number of benzene rings is 2. The maximum Gasteiger partial charge on any atom is 0.307 e. The van der Waals surface area contributed by atoms with Crippen molar-refractivity contribution in [3.63, 3.8) is 0 Å². The van der Waals surface area contributed by atoms with Gasteiger partial charge in [0.15, 0.2) is 5.78 Å². The van der Waals surface area contributed by atoms with Gasteiger partial charge < -0.3 is 15.4 Å². The van der Waals surface area contributed by atoms with E-state index in [-0.39, 0.29) is 22.9 Å². The van der Waals surface area contributed by atoms with Crippen molar-refractivity contribution in [2.24, 2.45) is 5.41 Å². The maximum atomic E-state index is 13.5. The minimum atomic E-state index is -0.471. The van der Waals surface area contributed by atoms with Crippen LogP contribution in [0, 0.1) is 15.5 Å². The van der Waals surface area contributed by atoms with E-state index in [2.05, 4.69) is 29.6 Å². The Bertz CT molecular complexity index is 1360. The molecule has 2 aliphatic rings. The van der Waals surface area contributed by atoms with E-state index in [1.54, 1.807) is 7.11 Å². The van der Waals surface area contributed by atoms with Crippen LogP contribution in [-0.4, -0.2) is 27.6 Å². The summed E-state index contributed by atoms with van der Waals surface area (Å²) in [5, 5.41) is 22.3. The average molecular weight is 474 g/mol. The normalized spacial score (nSPS) is 18.6. The number of allylic oxidation sites excluding steroid dienone is 1. The summed E-state index contributed by atoms with van der Waals surface area (Å²) in [6.07, 6.45) is 3.86. The molecule has 0 bridgehead atoms. The van der Waals surface area contributed by atoms with E-state index in [0.29, 0.717) is 18.7 Å². The lowest BCUT2D eigenvalue weighted by molar-refractivity contribution is -0.385. The molecular weight excluding hydrogens is 446 g/mol. The number of ether oxygens (including phenoxy) is 1. The molecule has 2 heterocycles. The van der Waals surface area contributed by atoms with Gasteiger partial charge in [0.2, 0.25) is 0 Å². The van der Waals surface area contributed by atoms with Gasteiger partial charge >= 0.3 is 5.69 Å². The third kappa shape index (κ3) is 4.37. The Hall–Kier alpha value is -4.14. The molecule has 2 aromatic carbocycles. The predicted octanol–water partition coefficient (Wildman–Crippen LogP) is 5.07. The summed E-state index contributed by atoms with van der Waals surface area (Å²) in [6, 6.07) is 13.4. The number of nitrogens with one attached hydrogen (secondary N) is 2. The fourth-order valence-corrected chi connectivity index (χ4v) is 4.95. The molecule has 1 aliphatic carbocycles. The molecule has 1 atom stereocenters. The predicted molar refractivity (Wildman–Crippen MR) is 132 cm³/mol. The van der Waals surface area contributed by atoms with Crippen molar-refractivity contribution in [1.29, 1.82) is 0 Å². The average Bonchev–Trinajstić information content (AvgIpc) is 3.20. The molecule has 9 nitrogen and oxygen atoms in total. The summed E-state index contributed by atoms with van der Waals surface area (Å²) in [5.41, 5.74) is 5.04. The molecule has 0 unspecified atom stereocenters. The highest BCUT2D eigenvalue weighted by molar-refractivity contribution is 6.01. The van der Waals surface area contributed by atoms with Crippen LogP contribution in [0.1, 0.15) is 43.9 Å². The third-order valence-corrected chi connectivity index (χ3v) is 6.52. The number of nitro groups is 1. The Kier molecular flexibility index (Phi) is 5.55. The van der Waals surface area contributed by atoms with Gasteiger partial charge in [0.25, 0.3) is 0 Å². The maximum absolute atomic E-state index is 13.5. The topological polar surface area (TPSA) is 111 Å². The number of aromatic nitrogens is 2. The smallest absolute Gasteiger partial charge is 0.307 e. The molecule has 1 aromatic heterocycles. The molecule has 0 radical (unpaired) electrons. The van der Waals surface area contributed by atoms with E-state index < -0.39 is 4.92 Å². The SMILES string of the molecule is COc1ccc([C@H]2Nc3ccccc3NC3=C2C(=O)CC(C)(C)C3)cc1Cn1cc([N+](=O)[O-])cn1. The molecule has 0 fully saturated rings. The van der Waals surface area contributed by atoms with Gasteiger partial charge in [-0.3, -0.25) is 19.6 Å². The van der Waals surface area contributed by atoms with Gasteiger partial charge in [-0.1, -0.05) is 32.0 Å². The second-order valence-corrected chi connectivity index (χ2v) is 9.81. The lowest BCUT2D eigenvalue weighted by Gasteiger charge is -2.34. The Balaban J connectivity index is 1.59. The number of Topliss-reactive ketones (excluding diaryl/α,β-unsaturated/α-hetero) is 1. The molecule has 0 amide bonds. The summed E-state index contributed by atoms with van der Waals surface area (Å²) in [5.74, 6) is 0.762. The van der Waals surface area contributed by atoms with E-state index in [1.807, 2.05) is 42.5 Å². The number of rotatable bonds is 5. The Morgan fingerprint density at radius 2 is 1.97 bits per heavy atom. The van der Waals surface area contributed by atoms with Crippen LogP contribution in [0.15, 0.2) is 66.1 Å². The number of anilines is 2. The van der Waals surface area contributed by atoms with Crippen LogP contribution < -0.4 is 15.4 Å². The fourth-order valence-electron chi connectivity index (χ4n) is 4.95. The summed E-state index contributed by atoms with van der Waals surface area (Å²) in [6.45, 7) is 4.52. The van der Waals surface area contributed by atoms with Crippen LogP contribution in [0.3, 0.4) is 0 Å². The lowest BCUT2D eigenvalue weighted by atomic mass is 9.73. The number of para-hydroxylation sites is 2. The van der Waals surface area contributed by atoms with E-state index in [1.165, 1.54) is 17.1 Å². The van der Waals surface area contributed by atoms with E-state index in [0.717, 1.165) is 40.2 Å². The van der Waals surface area contributed by atoms with Crippen molar-refractivity contribution < 1.29 is 14.5 Å². The molecule has 0 saturated heterocycles. The van der Waals surface area contributed by atoms with Gasteiger partial charge in [0, 0.05) is 23.3 Å². The van der Waals surface area contributed by atoms with E-state index >= 15 is 0 Å². The van der Waals surface area contributed by atoms with Crippen molar-refractivity contribution in [3.05, 3.63) is 87.4 Å². The monoisotopic (exact) mass is 473 g/mol. The largest absolute Gasteiger partial charge is 0.496 e. The first-order valence-electron chi connectivity index (χ1n) is 11.5. The summed E-state index contributed by atoms with van der Waals surface area (Å²) in [7, 11) is 1.58. The second-order valence-electron chi connectivity index (χ2n) is 9.81. The van der Waals surface area contributed by atoms with E-state index in [9.17, 15) is 14.9 Å². The molecule has 3 aromatic rings. The van der Waals surface area contributed by atoms with Crippen molar-refractivity contribution in [2.45, 2.75) is 39.3 Å². The first-order valence-corrected chi connectivity index (χ1v) is 11.5. The summed E-state index contributed by atoms with van der Waals surface area (Å²) < 4.78 is 7.07. The molecule has 0 spiro atoms. The number of nitrogens with zero attached hydrogens (tertiary/aromatic N) is 3. The number of ketones is 1. The fraction of sp³-hybridized carbons (Fsp3) is 0.308. The van der Waals surface area contributed by atoms with Gasteiger partial charge in [-0.25, -0.2) is 0 Å². The van der Waals surface area contributed by atoms with Crippen LogP contribution in [-0.2, 0) is 11.3 Å². The van der Waals surface area contributed by atoms with Crippen molar-refractivity contribution in [3.8, 4) is 5.75 Å². The number of hydrogen-bond donors (Lipinski definition) is 2. The van der Waals surface area contributed by atoms with Crippen LogP contribution in [0.5, 0.6) is 5.75 Å². The van der Waals surface area contributed by atoms with Crippen molar-refractivity contribution in [1.82, 2.24) is 9.78 Å². The molecule has 35 heavy (non-hydrogen) atoms. The third-order valence-electron chi connectivity index (χ3n) is 6.52. The zero-order valence-electron chi connectivity index (χ0n) is 19.9. The Morgan fingerprint density at radius 3 is 2.69 bits per heavy atom. The number of hydrogen-bond acceptors (Lipinski definition) is 7. The minimum absolute atomic E-state index is 0.0709. The molecule has 9 heteroatoms. The summed E-state index contributed by atoms with van der Waals surface area (Å²) in [4.78, 5) is 24.1. The number of methoxy groups -OCH3 is 1. The van der Waals surface area contributed by atoms with Gasteiger partial charge in [-0.15, -0.1) is 0 Å². The summed E-state index contributed by atoms with van der Waals surface area (Å²) >= 11 is 0. The zero-order valence-corrected chi connectivity index (χ0v) is 19.9. The number of fused-ring (bicyclic) bond motifs is 1. The second kappa shape index (κ2) is 8.57. The molecule has 2 N–H and O–H groups in total. The van der Waals surface area contributed by atoms with Gasteiger partial charge in [0.05, 0.1) is 36.0 Å². The molecule has 1 aliphatic heterocycles. The highest BCUT2D eigenvalue weighted by Crippen LogP contribution is 2.45. The molecule has 0 saturated carbocycles.